The molecule has 4 nitrogen and oxygen atoms in total. The molecular formula is C16H15N3OS2. The van der Waals surface area contributed by atoms with Gasteiger partial charge in [0, 0.05) is 22.9 Å². The van der Waals surface area contributed by atoms with Crippen molar-refractivity contribution in [2.45, 2.75) is 19.3 Å². The lowest BCUT2D eigenvalue weighted by molar-refractivity contribution is -0.116. The van der Waals surface area contributed by atoms with Crippen LogP contribution in [0.25, 0.3) is 11.4 Å². The van der Waals surface area contributed by atoms with Gasteiger partial charge in [-0.3, -0.25) is 9.78 Å². The summed E-state index contributed by atoms with van der Waals surface area (Å²) < 4.78 is 0. The highest BCUT2D eigenvalue weighted by atomic mass is 32.1. The van der Waals surface area contributed by atoms with Gasteiger partial charge in [0.25, 0.3) is 0 Å². The first-order valence-corrected chi connectivity index (χ1v) is 8.76. The lowest BCUT2D eigenvalue weighted by Crippen LogP contribution is -2.11. The molecule has 0 atom stereocenters. The number of aryl methyl sites for hydroxylation is 1. The van der Waals surface area contributed by atoms with E-state index >= 15 is 0 Å². The van der Waals surface area contributed by atoms with Crippen LogP contribution in [-0.2, 0) is 11.2 Å². The maximum atomic E-state index is 11.9. The Kier molecular flexibility index (Phi) is 4.92. The van der Waals surface area contributed by atoms with Crippen LogP contribution in [0.5, 0.6) is 0 Å². The van der Waals surface area contributed by atoms with Gasteiger partial charge in [-0.15, -0.1) is 22.7 Å². The number of hydrogen-bond acceptors (Lipinski definition) is 5. The number of nitrogens with one attached hydrogen (secondary N) is 1. The zero-order valence-corrected chi connectivity index (χ0v) is 13.5. The predicted molar refractivity (Wildman–Crippen MR) is 91.2 cm³/mol. The number of thiazole rings is 1. The molecule has 0 aliphatic heterocycles. The topological polar surface area (TPSA) is 54.9 Å². The maximum Gasteiger partial charge on any atom is 0.226 e. The van der Waals surface area contributed by atoms with Gasteiger partial charge in [-0.2, -0.15) is 0 Å². The van der Waals surface area contributed by atoms with Gasteiger partial charge in [-0.1, -0.05) is 12.1 Å². The van der Waals surface area contributed by atoms with E-state index in [1.54, 1.807) is 17.5 Å². The minimum Gasteiger partial charge on any atom is -0.302 e. The van der Waals surface area contributed by atoms with Crippen molar-refractivity contribution in [3.05, 3.63) is 52.2 Å². The summed E-state index contributed by atoms with van der Waals surface area (Å²) in [5.41, 5.74) is 1.61. The molecule has 0 aliphatic rings. The average molecular weight is 329 g/mol. The summed E-state index contributed by atoms with van der Waals surface area (Å²) >= 11 is 3.15. The fourth-order valence-electron chi connectivity index (χ4n) is 2.02. The predicted octanol–water partition coefficient (Wildman–Crippen LogP) is 4.23. The van der Waals surface area contributed by atoms with Gasteiger partial charge in [-0.05, 0) is 36.4 Å². The van der Waals surface area contributed by atoms with Crippen molar-refractivity contribution < 1.29 is 4.79 Å². The Balaban J connectivity index is 1.50. The molecule has 0 radical (unpaired) electrons. The highest BCUT2D eigenvalue weighted by molar-refractivity contribution is 7.14. The molecule has 0 saturated heterocycles. The molecule has 0 aliphatic carbocycles. The molecule has 3 heterocycles. The summed E-state index contributed by atoms with van der Waals surface area (Å²) in [5.74, 6) is 0.0125. The van der Waals surface area contributed by atoms with Gasteiger partial charge in [0.15, 0.2) is 5.13 Å². The van der Waals surface area contributed by atoms with E-state index in [1.807, 2.05) is 29.6 Å². The van der Waals surface area contributed by atoms with E-state index in [1.165, 1.54) is 16.2 Å². The molecule has 1 N–H and O–H groups in total. The number of rotatable bonds is 6. The van der Waals surface area contributed by atoms with E-state index in [-0.39, 0.29) is 5.91 Å². The smallest absolute Gasteiger partial charge is 0.226 e. The van der Waals surface area contributed by atoms with E-state index in [2.05, 4.69) is 26.7 Å². The second kappa shape index (κ2) is 7.29. The van der Waals surface area contributed by atoms with E-state index in [4.69, 9.17) is 0 Å². The second-order valence-corrected chi connectivity index (χ2v) is 6.62. The molecule has 0 fully saturated rings. The third-order valence-corrected chi connectivity index (χ3v) is 4.78. The lowest BCUT2D eigenvalue weighted by atomic mass is 10.2. The van der Waals surface area contributed by atoms with Crippen molar-refractivity contribution in [1.82, 2.24) is 9.97 Å². The Hall–Kier alpha value is -2.05. The van der Waals surface area contributed by atoms with Gasteiger partial charge in [0.1, 0.15) is 5.69 Å². The van der Waals surface area contributed by atoms with Crippen LogP contribution in [0, 0.1) is 0 Å². The van der Waals surface area contributed by atoms with E-state index in [0.717, 1.165) is 24.2 Å². The fourth-order valence-corrected chi connectivity index (χ4v) is 3.49. The summed E-state index contributed by atoms with van der Waals surface area (Å²) in [7, 11) is 0. The van der Waals surface area contributed by atoms with Crippen LogP contribution < -0.4 is 5.32 Å². The molecule has 3 aromatic rings. The number of carbonyl (C=O) groups excluding carboxylic acids is 1. The molecule has 22 heavy (non-hydrogen) atoms. The summed E-state index contributed by atoms with van der Waals surface area (Å²) in [6, 6.07) is 9.83. The summed E-state index contributed by atoms with van der Waals surface area (Å²) in [6.07, 6.45) is 4.04. The maximum absolute atomic E-state index is 11.9. The highest BCUT2D eigenvalue weighted by Gasteiger charge is 2.08. The Bertz CT molecular complexity index is 723. The van der Waals surface area contributed by atoms with Crippen LogP contribution in [0.2, 0.25) is 0 Å². The Morgan fingerprint density at radius 1 is 1.14 bits per heavy atom. The molecule has 6 heteroatoms. The standard InChI is InChI=1S/C16H15N3OS2/c20-15(8-3-5-12-6-4-10-21-12)19-16-18-14(11-22-16)13-7-1-2-9-17-13/h1-2,4,6-7,9-11H,3,5,8H2,(H,18,19,20). The lowest BCUT2D eigenvalue weighted by Gasteiger charge is -2.01. The van der Waals surface area contributed by atoms with Crippen LogP contribution in [0.3, 0.4) is 0 Å². The molecule has 112 valence electrons. The number of amides is 1. The third kappa shape index (κ3) is 3.99. The van der Waals surface area contributed by atoms with Gasteiger partial charge < -0.3 is 5.32 Å². The monoisotopic (exact) mass is 329 g/mol. The van der Waals surface area contributed by atoms with Gasteiger partial charge in [-0.25, -0.2) is 4.98 Å². The van der Waals surface area contributed by atoms with Crippen LogP contribution in [0.15, 0.2) is 47.3 Å². The molecule has 3 aromatic heterocycles. The number of pyridine rings is 1. The normalized spacial score (nSPS) is 10.5. The first-order valence-electron chi connectivity index (χ1n) is 7.00. The van der Waals surface area contributed by atoms with Crippen LogP contribution in [-0.4, -0.2) is 15.9 Å². The van der Waals surface area contributed by atoms with Crippen LogP contribution in [0.4, 0.5) is 5.13 Å². The Labute approximate surface area is 136 Å². The van der Waals surface area contributed by atoms with Crippen molar-refractivity contribution in [1.29, 1.82) is 0 Å². The fraction of sp³-hybridized carbons (Fsp3) is 0.188. The van der Waals surface area contributed by atoms with E-state index < -0.39 is 0 Å². The Morgan fingerprint density at radius 2 is 2.09 bits per heavy atom. The average Bonchev–Trinajstić information content (AvgIpc) is 3.20. The van der Waals surface area contributed by atoms with Gasteiger partial charge >= 0.3 is 0 Å². The van der Waals surface area contributed by atoms with Crippen molar-refractivity contribution in [2.24, 2.45) is 0 Å². The molecule has 1 amide bonds. The third-order valence-electron chi connectivity index (χ3n) is 3.08. The number of carbonyl (C=O) groups is 1. The van der Waals surface area contributed by atoms with Crippen molar-refractivity contribution in [2.75, 3.05) is 5.32 Å². The minimum atomic E-state index is 0.0125. The SMILES string of the molecule is O=C(CCCc1cccs1)Nc1nc(-c2ccccn2)cs1. The van der Waals surface area contributed by atoms with Gasteiger partial charge in [0.05, 0.1) is 5.69 Å². The number of aromatic nitrogens is 2. The number of anilines is 1. The van der Waals surface area contributed by atoms with E-state index in [9.17, 15) is 4.79 Å². The molecule has 0 bridgehead atoms. The minimum absolute atomic E-state index is 0.0125. The second-order valence-electron chi connectivity index (χ2n) is 4.73. The van der Waals surface area contributed by atoms with Gasteiger partial charge in [0.2, 0.25) is 5.91 Å². The zero-order valence-electron chi connectivity index (χ0n) is 11.9. The van der Waals surface area contributed by atoms with E-state index in [0.29, 0.717) is 11.6 Å². The Morgan fingerprint density at radius 3 is 2.86 bits per heavy atom. The van der Waals surface area contributed by atoms with Crippen molar-refractivity contribution in [3.63, 3.8) is 0 Å². The molecule has 0 spiro atoms. The molecule has 0 saturated carbocycles. The summed E-state index contributed by atoms with van der Waals surface area (Å²) in [5, 5.41) is 7.45. The first kappa shape index (κ1) is 14.9. The summed E-state index contributed by atoms with van der Waals surface area (Å²) in [4.78, 5) is 21.9. The number of hydrogen-bond donors (Lipinski definition) is 1. The van der Waals surface area contributed by atoms with Crippen LogP contribution >= 0.6 is 22.7 Å². The number of thiophene rings is 1. The number of nitrogens with zero attached hydrogens (tertiary/aromatic N) is 2. The molecule has 0 unspecified atom stereocenters. The van der Waals surface area contributed by atoms with Crippen molar-refractivity contribution >= 4 is 33.7 Å². The van der Waals surface area contributed by atoms with Crippen LogP contribution in [0.1, 0.15) is 17.7 Å². The highest BCUT2D eigenvalue weighted by Crippen LogP contribution is 2.23. The molecule has 0 aromatic carbocycles. The van der Waals surface area contributed by atoms with Crippen molar-refractivity contribution in [3.8, 4) is 11.4 Å². The zero-order chi connectivity index (χ0) is 15.2. The first-order chi connectivity index (χ1) is 10.8. The molecular weight excluding hydrogens is 314 g/mol. The summed E-state index contributed by atoms with van der Waals surface area (Å²) in [6.45, 7) is 0. The largest absolute Gasteiger partial charge is 0.302 e. The quantitative estimate of drug-likeness (QED) is 0.736. The molecule has 3 rings (SSSR count).